The van der Waals surface area contributed by atoms with E-state index in [0.717, 1.165) is 11.5 Å². The second-order valence-electron chi connectivity index (χ2n) is 8.37. The minimum atomic E-state index is -3.73. The molecule has 1 atom stereocenters. The largest absolute Gasteiger partial charge is 0.310 e. The zero-order chi connectivity index (χ0) is 21.7. The first kappa shape index (κ1) is 21.6. The molecule has 2 N–H and O–H groups in total. The van der Waals surface area contributed by atoms with E-state index in [1.807, 2.05) is 47.3 Å². The first-order valence-corrected chi connectivity index (χ1v) is 12.4. The van der Waals surface area contributed by atoms with E-state index in [1.54, 1.807) is 18.2 Å². The van der Waals surface area contributed by atoms with Gasteiger partial charge in [0.05, 0.1) is 5.69 Å². The number of pyridine rings is 1. The fourth-order valence-electron chi connectivity index (χ4n) is 4.26. The molecule has 2 aromatic heterocycles. The molecule has 0 radical (unpaired) electrons. The van der Waals surface area contributed by atoms with Crippen LogP contribution in [0.3, 0.4) is 0 Å². The topological polar surface area (TPSA) is 76.0 Å². The van der Waals surface area contributed by atoms with Crippen LogP contribution in [-0.4, -0.2) is 24.0 Å². The lowest BCUT2D eigenvalue weighted by Gasteiger charge is -2.19. The van der Waals surface area contributed by atoms with Crippen LogP contribution < -0.4 is 10.0 Å². The third-order valence-corrected chi connectivity index (χ3v) is 7.32. The summed E-state index contributed by atoms with van der Waals surface area (Å²) in [7, 11) is -3.73. The van der Waals surface area contributed by atoms with Crippen LogP contribution in [-0.2, 0) is 16.6 Å². The van der Waals surface area contributed by atoms with Gasteiger partial charge in [-0.25, -0.2) is 13.4 Å². The van der Waals surface area contributed by atoms with Crippen LogP contribution in [0, 0.1) is 5.92 Å². The van der Waals surface area contributed by atoms with E-state index in [0.29, 0.717) is 24.1 Å². The number of rotatable bonds is 9. The number of nitrogens with zero attached hydrogens (tertiary/aromatic N) is 2. The number of benzene rings is 1. The van der Waals surface area contributed by atoms with E-state index in [-0.39, 0.29) is 4.90 Å². The van der Waals surface area contributed by atoms with Crippen molar-refractivity contribution in [1.29, 1.82) is 0 Å². The summed E-state index contributed by atoms with van der Waals surface area (Å²) in [5.74, 6) is 1.49. The molecule has 3 aromatic rings. The molecule has 0 aliphatic heterocycles. The summed E-state index contributed by atoms with van der Waals surface area (Å²) in [5.41, 5.74) is 1.53. The van der Waals surface area contributed by atoms with Gasteiger partial charge < -0.3 is 9.88 Å². The molecule has 0 spiro atoms. The highest BCUT2D eigenvalue weighted by Crippen LogP contribution is 2.28. The fourth-order valence-corrected chi connectivity index (χ4v) is 5.31. The third-order valence-electron chi connectivity index (χ3n) is 5.96. The summed E-state index contributed by atoms with van der Waals surface area (Å²) in [6, 6.07) is 15.0. The molecule has 1 aliphatic carbocycles. The van der Waals surface area contributed by atoms with Crippen molar-refractivity contribution in [3.8, 4) is 5.82 Å². The van der Waals surface area contributed by atoms with Gasteiger partial charge in [0, 0.05) is 31.2 Å². The van der Waals surface area contributed by atoms with Gasteiger partial charge in [0.2, 0.25) is 0 Å². The first-order valence-electron chi connectivity index (χ1n) is 10.9. The molecule has 164 valence electrons. The van der Waals surface area contributed by atoms with E-state index in [4.69, 9.17) is 0 Å². The van der Waals surface area contributed by atoms with Gasteiger partial charge in [-0.05, 0) is 55.2 Å². The van der Waals surface area contributed by atoms with E-state index in [2.05, 4.69) is 21.9 Å². The predicted molar refractivity (Wildman–Crippen MR) is 124 cm³/mol. The smallest absolute Gasteiger partial charge is 0.263 e. The van der Waals surface area contributed by atoms with E-state index >= 15 is 0 Å². The number of hydrogen-bond donors (Lipinski definition) is 2. The van der Waals surface area contributed by atoms with Gasteiger partial charge in [0.15, 0.2) is 0 Å². The minimum Gasteiger partial charge on any atom is -0.310 e. The van der Waals surface area contributed by atoms with Crippen LogP contribution in [0.5, 0.6) is 0 Å². The first-order chi connectivity index (χ1) is 15.0. The van der Waals surface area contributed by atoms with Crippen molar-refractivity contribution in [1.82, 2.24) is 14.9 Å². The number of anilines is 1. The maximum Gasteiger partial charge on any atom is 0.263 e. The molecule has 1 saturated carbocycles. The van der Waals surface area contributed by atoms with Crippen molar-refractivity contribution in [3.05, 3.63) is 72.7 Å². The van der Waals surface area contributed by atoms with Crippen molar-refractivity contribution in [3.63, 3.8) is 0 Å². The Morgan fingerprint density at radius 1 is 1.06 bits per heavy atom. The van der Waals surface area contributed by atoms with Crippen LogP contribution in [0.4, 0.5) is 5.69 Å². The molecule has 6 nitrogen and oxygen atoms in total. The summed E-state index contributed by atoms with van der Waals surface area (Å²) in [5, 5.41) is 3.56. The number of sulfonamides is 1. The van der Waals surface area contributed by atoms with Crippen LogP contribution in [0.1, 0.15) is 44.6 Å². The second-order valence-corrected chi connectivity index (χ2v) is 10.1. The maximum absolute atomic E-state index is 12.9. The quantitative estimate of drug-likeness (QED) is 0.506. The van der Waals surface area contributed by atoms with Gasteiger partial charge in [-0.2, -0.15) is 0 Å². The van der Waals surface area contributed by atoms with Gasteiger partial charge in [0.1, 0.15) is 10.7 Å². The van der Waals surface area contributed by atoms with Crippen LogP contribution in [0.2, 0.25) is 0 Å². The monoisotopic (exact) mass is 438 g/mol. The lowest BCUT2D eigenvalue weighted by atomic mass is 9.99. The molecule has 0 unspecified atom stereocenters. The molecule has 0 saturated heterocycles. The van der Waals surface area contributed by atoms with Crippen LogP contribution >= 0.6 is 0 Å². The van der Waals surface area contributed by atoms with Gasteiger partial charge in [-0.15, -0.1) is 0 Å². The standard InChI is InChI=1S/C24H30N4O2S/c1-19(16-20-8-2-3-9-20)25-17-21-10-4-5-11-23(21)27-31(29,30)22-12-13-24(26-18-22)28-14-6-7-15-28/h4-7,10-15,18-20,25,27H,2-3,8-9,16-17H2,1H3/t19-/m0/s1. The Kier molecular flexibility index (Phi) is 6.73. The van der Waals surface area contributed by atoms with Crippen molar-refractivity contribution in [2.75, 3.05) is 4.72 Å². The third kappa shape index (κ3) is 5.54. The molecule has 31 heavy (non-hydrogen) atoms. The van der Waals surface area contributed by atoms with Crippen molar-refractivity contribution in [2.24, 2.45) is 5.92 Å². The van der Waals surface area contributed by atoms with Gasteiger partial charge in [-0.1, -0.05) is 43.9 Å². The molecule has 1 aliphatic rings. The Morgan fingerprint density at radius 2 is 1.81 bits per heavy atom. The van der Waals surface area contributed by atoms with E-state index in [9.17, 15) is 8.42 Å². The van der Waals surface area contributed by atoms with E-state index in [1.165, 1.54) is 38.3 Å². The van der Waals surface area contributed by atoms with Crippen molar-refractivity contribution < 1.29 is 8.42 Å². The number of hydrogen-bond acceptors (Lipinski definition) is 4. The zero-order valence-electron chi connectivity index (χ0n) is 17.9. The normalized spacial score (nSPS) is 15.8. The predicted octanol–water partition coefficient (Wildman–Crippen LogP) is 4.73. The average Bonchev–Trinajstić information content (AvgIpc) is 3.47. The lowest BCUT2D eigenvalue weighted by molar-refractivity contribution is 0.404. The Bertz CT molecular complexity index is 1070. The molecule has 2 heterocycles. The molecule has 7 heteroatoms. The highest BCUT2D eigenvalue weighted by molar-refractivity contribution is 7.92. The summed E-state index contributed by atoms with van der Waals surface area (Å²) in [6.07, 6.45) is 11.7. The molecular formula is C24H30N4O2S. The van der Waals surface area contributed by atoms with Crippen LogP contribution in [0.15, 0.2) is 72.0 Å². The Morgan fingerprint density at radius 3 is 2.52 bits per heavy atom. The summed E-state index contributed by atoms with van der Waals surface area (Å²) in [6.45, 7) is 2.83. The molecule has 1 aromatic carbocycles. The fraction of sp³-hybridized carbons (Fsp3) is 0.375. The molecular weight excluding hydrogens is 408 g/mol. The van der Waals surface area contributed by atoms with Gasteiger partial charge >= 0.3 is 0 Å². The van der Waals surface area contributed by atoms with Gasteiger partial charge in [0.25, 0.3) is 10.0 Å². The summed E-state index contributed by atoms with van der Waals surface area (Å²) in [4.78, 5) is 4.43. The van der Waals surface area contributed by atoms with E-state index < -0.39 is 10.0 Å². The molecule has 0 bridgehead atoms. The second kappa shape index (κ2) is 9.66. The zero-order valence-corrected chi connectivity index (χ0v) is 18.7. The summed E-state index contributed by atoms with van der Waals surface area (Å²) < 4.78 is 30.5. The number of nitrogens with one attached hydrogen (secondary N) is 2. The van der Waals surface area contributed by atoms with Crippen molar-refractivity contribution in [2.45, 2.75) is 56.5 Å². The average molecular weight is 439 g/mol. The molecule has 0 amide bonds. The Balaban J connectivity index is 1.42. The highest BCUT2D eigenvalue weighted by atomic mass is 32.2. The number of aromatic nitrogens is 2. The summed E-state index contributed by atoms with van der Waals surface area (Å²) >= 11 is 0. The number of para-hydroxylation sites is 1. The Hall–Kier alpha value is -2.64. The minimum absolute atomic E-state index is 0.140. The molecule has 1 fully saturated rings. The highest BCUT2D eigenvalue weighted by Gasteiger charge is 2.19. The Labute approximate surface area is 184 Å². The van der Waals surface area contributed by atoms with Crippen molar-refractivity contribution >= 4 is 15.7 Å². The molecule has 4 rings (SSSR count). The SMILES string of the molecule is C[C@@H](CC1CCCC1)NCc1ccccc1NS(=O)(=O)c1ccc(-n2cccc2)nc1. The van der Waals surface area contributed by atoms with Crippen LogP contribution in [0.25, 0.3) is 5.82 Å². The van der Waals surface area contributed by atoms with Gasteiger partial charge in [-0.3, -0.25) is 4.72 Å². The lowest BCUT2D eigenvalue weighted by Crippen LogP contribution is -2.28. The maximum atomic E-state index is 12.9.